The molecule has 3 aliphatic rings. The van der Waals surface area contributed by atoms with Gasteiger partial charge in [-0.05, 0) is 6.42 Å². The molecule has 0 bridgehead atoms. The maximum absolute atomic E-state index is 10.9. The highest BCUT2D eigenvalue weighted by Crippen LogP contribution is 2.31. The summed E-state index contributed by atoms with van der Waals surface area (Å²) in [5.41, 5.74) is 0. The van der Waals surface area contributed by atoms with Crippen molar-refractivity contribution in [2.45, 2.75) is 105 Å². The third-order valence-electron chi connectivity index (χ3n) is 6.54. The quantitative estimate of drug-likeness (QED) is 0.122. The summed E-state index contributed by atoms with van der Waals surface area (Å²) in [7, 11) is 0. The van der Waals surface area contributed by atoms with Gasteiger partial charge in [0.15, 0.2) is 18.9 Å². The third-order valence-corrected chi connectivity index (χ3v) is 6.54. The molecule has 1 unspecified atom stereocenters. The van der Waals surface area contributed by atoms with Gasteiger partial charge in [0.1, 0.15) is 73.2 Å². The van der Waals surface area contributed by atoms with E-state index < -0.39 is 112 Å². The van der Waals surface area contributed by atoms with Crippen molar-refractivity contribution < 1.29 is 79.5 Å². The summed E-state index contributed by atoms with van der Waals surface area (Å²) >= 11 is 0. The summed E-state index contributed by atoms with van der Waals surface area (Å²) in [4.78, 5) is 0. The maximum Gasteiger partial charge on any atom is 0.187 e. The van der Waals surface area contributed by atoms with E-state index in [1.165, 1.54) is 0 Å². The Morgan fingerprint density at radius 3 is 1.57 bits per heavy atom. The molecular formula is C21H38O16. The lowest BCUT2D eigenvalue weighted by Crippen LogP contribution is -2.65. The van der Waals surface area contributed by atoms with Crippen LogP contribution < -0.4 is 0 Å². The van der Waals surface area contributed by atoms with Crippen molar-refractivity contribution >= 4 is 0 Å². The Hall–Kier alpha value is -0.640. The van der Waals surface area contributed by atoms with E-state index in [0.29, 0.717) is 6.42 Å². The van der Waals surface area contributed by atoms with Crippen LogP contribution in [-0.4, -0.2) is 170 Å². The molecule has 15 atom stereocenters. The Morgan fingerprint density at radius 2 is 1.03 bits per heavy atom. The minimum atomic E-state index is -1.81. The van der Waals surface area contributed by atoms with E-state index in [0.717, 1.165) is 0 Å². The predicted molar refractivity (Wildman–Crippen MR) is 115 cm³/mol. The number of aliphatic hydroxyl groups is 10. The number of aliphatic hydroxyl groups excluding tert-OH is 10. The van der Waals surface area contributed by atoms with Crippen molar-refractivity contribution in [2.75, 3.05) is 26.4 Å². The molecule has 16 nitrogen and oxygen atoms in total. The molecule has 0 aromatic rings. The van der Waals surface area contributed by atoms with E-state index in [2.05, 4.69) is 0 Å². The van der Waals surface area contributed by atoms with Crippen LogP contribution in [0.1, 0.15) is 13.3 Å². The lowest BCUT2D eigenvalue weighted by Gasteiger charge is -2.46. The van der Waals surface area contributed by atoms with Crippen LogP contribution in [0, 0.1) is 0 Å². The van der Waals surface area contributed by atoms with E-state index in [1.54, 1.807) is 6.92 Å². The van der Waals surface area contributed by atoms with Gasteiger partial charge in [-0.25, -0.2) is 0 Å². The van der Waals surface area contributed by atoms with Crippen LogP contribution in [0.2, 0.25) is 0 Å². The van der Waals surface area contributed by atoms with Gasteiger partial charge in [0.25, 0.3) is 0 Å². The molecule has 218 valence electrons. The highest BCUT2D eigenvalue weighted by molar-refractivity contribution is 4.95. The second-order valence-corrected chi connectivity index (χ2v) is 9.22. The summed E-state index contributed by atoms with van der Waals surface area (Å²) in [6.45, 7) is 0.0245. The minimum Gasteiger partial charge on any atom is -0.394 e. The number of hydrogen-bond acceptors (Lipinski definition) is 16. The van der Waals surface area contributed by atoms with E-state index in [1.807, 2.05) is 0 Å². The van der Waals surface area contributed by atoms with Crippen molar-refractivity contribution in [2.24, 2.45) is 0 Å². The lowest BCUT2D eigenvalue weighted by molar-refractivity contribution is -0.366. The van der Waals surface area contributed by atoms with Gasteiger partial charge in [0.2, 0.25) is 0 Å². The normalized spacial score (nSPS) is 49.2. The van der Waals surface area contributed by atoms with Gasteiger partial charge in [0.05, 0.1) is 19.8 Å². The fourth-order valence-corrected chi connectivity index (χ4v) is 4.30. The Kier molecular flexibility index (Phi) is 11.4. The Balaban J connectivity index is 1.73. The summed E-state index contributed by atoms with van der Waals surface area (Å²) < 4.78 is 32.7. The van der Waals surface area contributed by atoms with Gasteiger partial charge < -0.3 is 79.5 Å². The van der Waals surface area contributed by atoms with E-state index in [9.17, 15) is 51.1 Å². The van der Waals surface area contributed by atoms with Crippen LogP contribution in [0.25, 0.3) is 0 Å². The first-order chi connectivity index (χ1) is 17.5. The zero-order valence-electron chi connectivity index (χ0n) is 20.1. The van der Waals surface area contributed by atoms with Crippen LogP contribution >= 0.6 is 0 Å². The second-order valence-electron chi connectivity index (χ2n) is 9.22. The van der Waals surface area contributed by atoms with E-state index in [-0.39, 0.29) is 6.61 Å². The standard InChI is InChI=1S/C21H38O16/c1-2-3-32-20-17(31)18(37-21-16(30)14(28)11(25)8(5-23)35-21)12(26)9(36-20)6-33-19-15(29)13(27)10(24)7(4-22)34-19/h7-31H,2-6H2,1H3/t7-,8-,9-,10-,11-,12-,13+,14+,15+,16+,17+,18?,19+,20+,21-/m1/s1. The molecule has 10 N–H and O–H groups in total. The van der Waals surface area contributed by atoms with Crippen LogP contribution in [-0.2, 0) is 28.4 Å². The van der Waals surface area contributed by atoms with Crippen molar-refractivity contribution in [3.8, 4) is 0 Å². The van der Waals surface area contributed by atoms with E-state index in [4.69, 9.17) is 28.4 Å². The first kappa shape index (κ1) is 30.9. The molecule has 0 spiro atoms. The summed E-state index contributed by atoms with van der Waals surface area (Å²) in [6.07, 6.45) is -22.9. The van der Waals surface area contributed by atoms with Gasteiger partial charge in [-0.15, -0.1) is 0 Å². The first-order valence-corrected chi connectivity index (χ1v) is 12.1. The highest BCUT2D eigenvalue weighted by Gasteiger charge is 2.52. The van der Waals surface area contributed by atoms with Crippen LogP contribution in [0.15, 0.2) is 0 Å². The molecule has 3 rings (SSSR count). The average molecular weight is 547 g/mol. The monoisotopic (exact) mass is 546 g/mol. The highest BCUT2D eigenvalue weighted by atomic mass is 16.7. The average Bonchev–Trinajstić information content (AvgIpc) is 2.89. The Labute approximate surface area is 212 Å². The zero-order valence-corrected chi connectivity index (χ0v) is 20.1. The molecule has 3 fully saturated rings. The SMILES string of the molecule is CCCO[C@H]1O[C@H](CO[C@H]2O[C@H](CO)[C@@H](O)[C@H](O)[C@@H]2O)[C@@H](O)C(O[C@H]2O[C@H](CO)[C@@H](O)[C@H](O)[C@@H]2O)[C@@H]1O. The van der Waals surface area contributed by atoms with Crippen molar-refractivity contribution in [3.05, 3.63) is 0 Å². The van der Waals surface area contributed by atoms with Gasteiger partial charge in [0, 0.05) is 6.61 Å². The van der Waals surface area contributed by atoms with Crippen molar-refractivity contribution in [1.82, 2.24) is 0 Å². The Morgan fingerprint density at radius 1 is 0.541 bits per heavy atom. The molecule has 0 radical (unpaired) electrons. The van der Waals surface area contributed by atoms with Gasteiger partial charge >= 0.3 is 0 Å². The second kappa shape index (κ2) is 13.6. The molecule has 0 aromatic heterocycles. The van der Waals surface area contributed by atoms with Crippen molar-refractivity contribution in [3.63, 3.8) is 0 Å². The van der Waals surface area contributed by atoms with E-state index >= 15 is 0 Å². The van der Waals surface area contributed by atoms with Crippen LogP contribution in [0.5, 0.6) is 0 Å². The number of rotatable bonds is 10. The molecule has 3 aliphatic heterocycles. The molecule has 0 amide bonds. The minimum absolute atomic E-state index is 0.144. The maximum atomic E-state index is 10.9. The first-order valence-electron chi connectivity index (χ1n) is 12.1. The molecular weight excluding hydrogens is 508 g/mol. The zero-order chi connectivity index (χ0) is 27.4. The number of hydrogen-bond donors (Lipinski definition) is 10. The molecule has 3 heterocycles. The lowest BCUT2D eigenvalue weighted by atomic mass is 9.96. The fraction of sp³-hybridized carbons (Fsp3) is 1.00. The molecule has 37 heavy (non-hydrogen) atoms. The fourth-order valence-electron chi connectivity index (χ4n) is 4.30. The van der Waals surface area contributed by atoms with Gasteiger partial charge in [-0.1, -0.05) is 6.92 Å². The smallest absolute Gasteiger partial charge is 0.187 e. The predicted octanol–water partition coefficient (Wildman–Crippen LogP) is -6.14. The molecule has 0 saturated carbocycles. The number of ether oxygens (including phenoxy) is 6. The van der Waals surface area contributed by atoms with Gasteiger partial charge in [-0.2, -0.15) is 0 Å². The van der Waals surface area contributed by atoms with Crippen LogP contribution in [0.4, 0.5) is 0 Å². The third kappa shape index (κ3) is 6.75. The van der Waals surface area contributed by atoms with Gasteiger partial charge in [-0.3, -0.25) is 0 Å². The summed E-state index contributed by atoms with van der Waals surface area (Å²) in [5, 5.41) is 101. The molecule has 16 heteroatoms. The largest absolute Gasteiger partial charge is 0.394 e. The summed E-state index contributed by atoms with van der Waals surface area (Å²) in [5.74, 6) is 0. The molecule has 3 saturated heterocycles. The van der Waals surface area contributed by atoms with Crippen LogP contribution in [0.3, 0.4) is 0 Å². The molecule has 0 aromatic carbocycles. The Bertz CT molecular complexity index is 683. The van der Waals surface area contributed by atoms with Crippen molar-refractivity contribution in [1.29, 1.82) is 0 Å². The molecule has 0 aliphatic carbocycles. The topological polar surface area (TPSA) is 258 Å². The summed E-state index contributed by atoms with van der Waals surface area (Å²) in [6, 6.07) is 0.